The number of carboxylic acid groups (broad SMARTS) is 1. The molecule has 0 saturated carbocycles. The van der Waals surface area contributed by atoms with Gasteiger partial charge in [-0.2, -0.15) is 13.2 Å². The fourth-order valence-electron chi connectivity index (χ4n) is 2.84. The number of halogens is 3. The van der Waals surface area contributed by atoms with Crippen LogP contribution in [0.2, 0.25) is 0 Å². The van der Waals surface area contributed by atoms with Crippen LogP contribution in [0.5, 0.6) is 5.75 Å². The molecule has 5 nitrogen and oxygen atoms in total. The van der Waals surface area contributed by atoms with Gasteiger partial charge in [0.25, 0.3) is 0 Å². The highest BCUT2D eigenvalue weighted by Crippen LogP contribution is 2.24. The van der Waals surface area contributed by atoms with E-state index < -0.39 is 24.7 Å². The molecule has 1 aliphatic rings. The number of hydrogen-bond donors (Lipinski definition) is 1. The van der Waals surface area contributed by atoms with Crippen LogP contribution in [0.25, 0.3) is 0 Å². The Bertz CT molecular complexity index is 633. The third kappa shape index (κ3) is 5.65. The highest BCUT2D eigenvalue weighted by atomic mass is 19.4. The van der Waals surface area contributed by atoms with E-state index in [0.717, 1.165) is 0 Å². The van der Waals surface area contributed by atoms with E-state index in [1.807, 2.05) is 6.92 Å². The first-order chi connectivity index (χ1) is 11.7. The highest BCUT2D eigenvalue weighted by Gasteiger charge is 2.32. The van der Waals surface area contributed by atoms with Crippen LogP contribution >= 0.6 is 0 Å². The molecule has 0 radical (unpaired) electrons. The van der Waals surface area contributed by atoms with Gasteiger partial charge >= 0.3 is 12.1 Å². The molecule has 1 saturated heterocycles. The van der Waals surface area contributed by atoms with Gasteiger partial charge in [-0.05, 0) is 37.5 Å². The van der Waals surface area contributed by atoms with Crippen molar-refractivity contribution < 1.29 is 32.6 Å². The molecular formula is C17H20F3NO4. The van der Waals surface area contributed by atoms with Gasteiger partial charge in [-0.3, -0.25) is 9.59 Å². The second kappa shape index (κ2) is 7.76. The molecule has 1 aromatic rings. The molecule has 1 N–H and O–H groups in total. The molecule has 8 heteroatoms. The minimum Gasteiger partial charge on any atom is -0.484 e. The Morgan fingerprint density at radius 3 is 2.68 bits per heavy atom. The molecule has 25 heavy (non-hydrogen) atoms. The number of alkyl halides is 3. The van der Waals surface area contributed by atoms with Gasteiger partial charge in [0.15, 0.2) is 6.61 Å². The number of benzene rings is 1. The van der Waals surface area contributed by atoms with Gasteiger partial charge in [0.05, 0.1) is 12.3 Å². The normalized spacial score (nSPS) is 21.0. The Hall–Kier alpha value is -2.25. The van der Waals surface area contributed by atoms with Gasteiger partial charge in [0.2, 0.25) is 5.91 Å². The predicted octanol–water partition coefficient (Wildman–Crippen LogP) is 2.88. The summed E-state index contributed by atoms with van der Waals surface area (Å²) >= 11 is 0. The first-order valence-corrected chi connectivity index (χ1v) is 7.96. The maximum absolute atomic E-state index is 12.5. The van der Waals surface area contributed by atoms with E-state index in [4.69, 9.17) is 5.11 Å². The largest absolute Gasteiger partial charge is 0.484 e. The zero-order valence-corrected chi connectivity index (χ0v) is 13.8. The molecule has 0 aromatic heterocycles. The summed E-state index contributed by atoms with van der Waals surface area (Å²) in [6.07, 6.45) is -3.31. The lowest BCUT2D eigenvalue weighted by Crippen LogP contribution is -2.47. The van der Waals surface area contributed by atoms with Crippen molar-refractivity contribution in [2.24, 2.45) is 5.92 Å². The van der Waals surface area contributed by atoms with E-state index in [2.05, 4.69) is 4.74 Å². The number of carboxylic acids is 1. The molecule has 1 amide bonds. The Kier molecular flexibility index (Phi) is 5.92. The molecule has 2 rings (SSSR count). The topological polar surface area (TPSA) is 66.8 Å². The molecule has 2 atom stereocenters. The van der Waals surface area contributed by atoms with Gasteiger partial charge in [-0.1, -0.05) is 12.1 Å². The van der Waals surface area contributed by atoms with Crippen LogP contribution in [-0.4, -0.2) is 47.3 Å². The van der Waals surface area contributed by atoms with Crippen LogP contribution in [-0.2, 0) is 16.0 Å². The standard InChI is InChI=1S/C17H20F3NO4/c1-11-5-6-13(16(23)24)9-21(11)15(22)8-12-3-2-4-14(7-12)25-10-17(18,19)20/h2-4,7,11,13H,5-6,8-10H2,1H3,(H,23,24). The molecule has 1 aliphatic heterocycles. The average Bonchev–Trinajstić information content (AvgIpc) is 2.52. The van der Waals surface area contributed by atoms with Crippen molar-refractivity contribution in [3.05, 3.63) is 29.8 Å². The van der Waals surface area contributed by atoms with Crippen LogP contribution in [0.4, 0.5) is 13.2 Å². The second-order valence-electron chi connectivity index (χ2n) is 6.24. The number of hydrogen-bond acceptors (Lipinski definition) is 3. The summed E-state index contributed by atoms with van der Waals surface area (Å²) in [6.45, 7) is 0.617. The number of piperidine rings is 1. The molecule has 0 aliphatic carbocycles. The third-order valence-corrected chi connectivity index (χ3v) is 4.21. The van der Waals surface area contributed by atoms with E-state index in [1.54, 1.807) is 6.07 Å². The Balaban J connectivity index is 2.00. The van der Waals surface area contributed by atoms with E-state index >= 15 is 0 Å². The van der Waals surface area contributed by atoms with Crippen molar-refractivity contribution in [2.75, 3.05) is 13.2 Å². The predicted molar refractivity (Wildman–Crippen MR) is 83.2 cm³/mol. The quantitative estimate of drug-likeness (QED) is 0.878. The molecule has 1 aromatic carbocycles. The van der Waals surface area contributed by atoms with Crippen molar-refractivity contribution in [1.29, 1.82) is 0 Å². The van der Waals surface area contributed by atoms with Gasteiger partial charge in [-0.25, -0.2) is 0 Å². The second-order valence-corrected chi connectivity index (χ2v) is 6.24. The van der Waals surface area contributed by atoms with Crippen LogP contribution in [0.15, 0.2) is 24.3 Å². The Morgan fingerprint density at radius 1 is 1.32 bits per heavy atom. The lowest BCUT2D eigenvalue weighted by atomic mass is 9.93. The number of amides is 1. The van der Waals surface area contributed by atoms with Crippen LogP contribution in [0.3, 0.4) is 0 Å². The summed E-state index contributed by atoms with van der Waals surface area (Å²) in [7, 11) is 0. The number of rotatable bonds is 5. The summed E-state index contributed by atoms with van der Waals surface area (Å²) in [4.78, 5) is 25.2. The summed E-state index contributed by atoms with van der Waals surface area (Å²) < 4.78 is 41.3. The maximum Gasteiger partial charge on any atom is 0.422 e. The summed E-state index contributed by atoms with van der Waals surface area (Å²) in [6, 6.07) is 5.87. The zero-order chi connectivity index (χ0) is 18.6. The third-order valence-electron chi connectivity index (χ3n) is 4.21. The number of aliphatic carboxylic acids is 1. The summed E-state index contributed by atoms with van der Waals surface area (Å²) in [5, 5.41) is 9.13. The molecular weight excluding hydrogens is 339 g/mol. The lowest BCUT2D eigenvalue weighted by molar-refractivity contribution is -0.153. The number of carbonyl (C=O) groups excluding carboxylic acids is 1. The first kappa shape index (κ1) is 19.1. The van der Waals surface area contributed by atoms with E-state index in [-0.39, 0.29) is 30.7 Å². The minimum absolute atomic E-state index is 0.0140. The van der Waals surface area contributed by atoms with Crippen LogP contribution < -0.4 is 4.74 Å². The minimum atomic E-state index is -4.43. The van der Waals surface area contributed by atoms with Crippen molar-refractivity contribution >= 4 is 11.9 Å². The Labute approximate surface area is 143 Å². The van der Waals surface area contributed by atoms with Crippen molar-refractivity contribution in [1.82, 2.24) is 4.90 Å². The smallest absolute Gasteiger partial charge is 0.422 e. The number of ether oxygens (including phenoxy) is 1. The van der Waals surface area contributed by atoms with Crippen molar-refractivity contribution in [3.63, 3.8) is 0 Å². The lowest BCUT2D eigenvalue weighted by Gasteiger charge is -2.36. The number of nitrogens with zero attached hydrogens (tertiary/aromatic N) is 1. The van der Waals surface area contributed by atoms with Gasteiger partial charge in [-0.15, -0.1) is 0 Å². The fraction of sp³-hybridized carbons (Fsp3) is 0.529. The summed E-state index contributed by atoms with van der Waals surface area (Å²) in [5.41, 5.74) is 0.523. The number of likely N-dealkylation sites (tertiary alicyclic amines) is 1. The molecule has 138 valence electrons. The van der Waals surface area contributed by atoms with Gasteiger partial charge in [0.1, 0.15) is 5.75 Å². The molecule has 1 fully saturated rings. The first-order valence-electron chi connectivity index (χ1n) is 7.96. The van der Waals surface area contributed by atoms with E-state index in [0.29, 0.717) is 18.4 Å². The monoisotopic (exact) mass is 359 g/mol. The average molecular weight is 359 g/mol. The fourth-order valence-corrected chi connectivity index (χ4v) is 2.84. The van der Waals surface area contributed by atoms with Crippen LogP contribution in [0, 0.1) is 5.92 Å². The van der Waals surface area contributed by atoms with E-state index in [9.17, 15) is 22.8 Å². The molecule has 1 heterocycles. The van der Waals surface area contributed by atoms with Gasteiger partial charge in [0, 0.05) is 12.6 Å². The van der Waals surface area contributed by atoms with Crippen molar-refractivity contribution in [3.8, 4) is 5.75 Å². The van der Waals surface area contributed by atoms with Crippen LogP contribution in [0.1, 0.15) is 25.3 Å². The molecule has 0 spiro atoms. The summed E-state index contributed by atoms with van der Waals surface area (Å²) in [5.74, 6) is -1.71. The SMILES string of the molecule is CC1CCC(C(=O)O)CN1C(=O)Cc1cccc(OCC(F)(F)F)c1. The van der Waals surface area contributed by atoms with Gasteiger partial charge < -0.3 is 14.7 Å². The number of carbonyl (C=O) groups is 2. The highest BCUT2D eigenvalue weighted by molar-refractivity contribution is 5.80. The van der Waals surface area contributed by atoms with E-state index in [1.165, 1.54) is 23.1 Å². The zero-order valence-electron chi connectivity index (χ0n) is 13.8. The molecule has 2 unspecified atom stereocenters. The van der Waals surface area contributed by atoms with Crippen molar-refractivity contribution in [2.45, 2.75) is 38.4 Å². The maximum atomic E-state index is 12.5. The Morgan fingerprint density at radius 2 is 2.04 bits per heavy atom. The molecule has 0 bridgehead atoms.